The van der Waals surface area contributed by atoms with E-state index < -0.39 is 5.97 Å². The summed E-state index contributed by atoms with van der Waals surface area (Å²) in [6.45, 7) is -0.167. The number of halogens is 1. The number of para-hydroxylation sites is 1. The van der Waals surface area contributed by atoms with Crippen molar-refractivity contribution in [3.8, 4) is 17.1 Å². The van der Waals surface area contributed by atoms with Crippen LogP contribution in [0.5, 0.6) is 0 Å². The maximum absolute atomic E-state index is 13.1. The molecule has 0 saturated carbocycles. The Kier molecular flexibility index (Phi) is 4.59. The molecule has 2 aromatic carbocycles. The van der Waals surface area contributed by atoms with Crippen LogP contribution in [0.4, 0.5) is 4.39 Å². The van der Waals surface area contributed by atoms with E-state index in [1.165, 1.54) is 12.1 Å². The first-order valence-electron chi connectivity index (χ1n) is 9.61. The van der Waals surface area contributed by atoms with Gasteiger partial charge in [-0.1, -0.05) is 23.4 Å². The minimum Gasteiger partial charge on any atom is -0.451 e. The standard InChI is InChI=1S/C22H17FN4O3/c23-15-11-9-14(10-12-15)21-24-19(30-26-21)13-29-22(28)20-17-7-4-8-18(17)27(25-20)16-5-2-1-3-6-16/h1-3,5-6,9-12H,4,7-8,13H2. The SMILES string of the molecule is O=C(OCc1nc(-c2ccc(F)cc2)no1)c1nn(-c2ccccc2)c2c1CCC2. The van der Waals surface area contributed by atoms with Crippen LogP contribution >= 0.6 is 0 Å². The summed E-state index contributed by atoms with van der Waals surface area (Å²) < 4.78 is 25.4. The molecular weight excluding hydrogens is 387 g/mol. The van der Waals surface area contributed by atoms with Gasteiger partial charge in [-0.3, -0.25) is 0 Å². The van der Waals surface area contributed by atoms with Crippen LogP contribution in [0.1, 0.15) is 34.1 Å². The van der Waals surface area contributed by atoms with Crippen molar-refractivity contribution in [1.82, 2.24) is 19.9 Å². The molecule has 2 aromatic heterocycles. The van der Waals surface area contributed by atoms with Gasteiger partial charge in [0.1, 0.15) is 5.82 Å². The molecule has 5 rings (SSSR count). The minimum atomic E-state index is -0.524. The van der Waals surface area contributed by atoms with Gasteiger partial charge in [0.15, 0.2) is 12.3 Å². The number of hydrogen-bond donors (Lipinski definition) is 0. The van der Waals surface area contributed by atoms with Gasteiger partial charge in [0.05, 0.1) is 5.69 Å². The summed E-state index contributed by atoms with van der Waals surface area (Å²) in [6.07, 6.45) is 2.64. The highest BCUT2D eigenvalue weighted by molar-refractivity contribution is 5.89. The first-order valence-corrected chi connectivity index (χ1v) is 9.61. The lowest BCUT2D eigenvalue weighted by Crippen LogP contribution is -2.09. The Morgan fingerprint density at radius 1 is 1.10 bits per heavy atom. The van der Waals surface area contributed by atoms with Gasteiger partial charge in [-0.15, -0.1) is 0 Å². The highest BCUT2D eigenvalue weighted by Gasteiger charge is 2.28. The van der Waals surface area contributed by atoms with Crippen molar-refractivity contribution in [3.05, 3.63) is 83.3 Å². The molecule has 0 N–H and O–H groups in total. The molecule has 30 heavy (non-hydrogen) atoms. The van der Waals surface area contributed by atoms with E-state index in [0.717, 1.165) is 36.2 Å². The number of nitrogens with zero attached hydrogens (tertiary/aromatic N) is 4. The fourth-order valence-electron chi connectivity index (χ4n) is 3.61. The quantitative estimate of drug-likeness (QED) is 0.469. The van der Waals surface area contributed by atoms with Crippen LogP contribution in [0, 0.1) is 5.82 Å². The molecular formula is C22H17FN4O3. The third-order valence-corrected chi connectivity index (χ3v) is 5.02. The normalized spacial score (nSPS) is 12.7. The second kappa shape index (κ2) is 7.55. The third-order valence-electron chi connectivity index (χ3n) is 5.02. The van der Waals surface area contributed by atoms with Crippen LogP contribution in [-0.4, -0.2) is 25.9 Å². The number of ether oxygens (including phenoxy) is 1. The Labute approximate surface area is 171 Å². The molecule has 0 amide bonds. The number of rotatable bonds is 5. The predicted octanol–water partition coefficient (Wildman–Crippen LogP) is 3.91. The number of aromatic nitrogens is 4. The number of fused-ring (bicyclic) bond motifs is 1. The summed E-state index contributed by atoms with van der Waals surface area (Å²) in [7, 11) is 0. The van der Waals surface area contributed by atoms with Crippen LogP contribution < -0.4 is 0 Å². The van der Waals surface area contributed by atoms with E-state index in [9.17, 15) is 9.18 Å². The Bertz CT molecular complexity index is 1200. The molecule has 1 aliphatic carbocycles. The fourth-order valence-corrected chi connectivity index (χ4v) is 3.61. The maximum atomic E-state index is 13.1. The summed E-state index contributed by atoms with van der Waals surface area (Å²) in [5, 5.41) is 8.36. The van der Waals surface area contributed by atoms with Crippen LogP contribution in [0.25, 0.3) is 17.1 Å². The second-order valence-corrected chi connectivity index (χ2v) is 6.97. The van der Waals surface area contributed by atoms with E-state index in [4.69, 9.17) is 9.26 Å². The van der Waals surface area contributed by atoms with Crippen LogP contribution in [-0.2, 0) is 24.2 Å². The average molecular weight is 404 g/mol. The highest BCUT2D eigenvalue weighted by Crippen LogP contribution is 2.28. The highest BCUT2D eigenvalue weighted by atomic mass is 19.1. The van der Waals surface area contributed by atoms with Gasteiger partial charge in [-0.2, -0.15) is 10.1 Å². The van der Waals surface area contributed by atoms with Crippen LogP contribution in [0.2, 0.25) is 0 Å². The third kappa shape index (κ3) is 3.36. The second-order valence-electron chi connectivity index (χ2n) is 6.97. The summed E-state index contributed by atoms with van der Waals surface area (Å²) in [6, 6.07) is 15.4. The van der Waals surface area contributed by atoms with Gasteiger partial charge in [0.25, 0.3) is 5.89 Å². The van der Waals surface area contributed by atoms with Crippen molar-refractivity contribution in [3.63, 3.8) is 0 Å². The number of esters is 1. The van der Waals surface area contributed by atoms with Gasteiger partial charge in [0.2, 0.25) is 5.82 Å². The molecule has 0 unspecified atom stereocenters. The Balaban J connectivity index is 1.33. The fraction of sp³-hybridized carbons (Fsp3) is 0.182. The average Bonchev–Trinajstić information content (AvgIpc) is 3.50. The van der Waals surface area contributed by atoms with E-state index in [-0.39, 0.29) is 18.3 Å². The molecule has 150 valence electrons. The van der Waals surface area contributed by atoms with E-state index in [2.05, 4.69) is 15.2 Å². The summed E-state index contributed by atoms with van der Waals surface area (Å²) in [5.74, 6) is -0.416. The zero-order chi connectivity index (χ0) is 20.5. The zero-order valence-electron chi connectivity index (χ0n) is 15.9. The first-order chi connectivity index (χ1) is 14.7. The van der Waals surface area contributed by atoms with Gasteiger partial charge >= 0.3 is 5.97 Å². The zero-order valence-corrected chi connectivity index (χ0v) is 15.9. The summed E-state index contributed by atoms with van der Waals surface area (Å²) >= 11 is 0. The largest absolute Gasteiger partial charge is 0.451 e. The summed E-state index contributed by atoms with van der Waals surface area (Å²) in [5.41, 5.74) is 3.82. The molecule has 0 bridgehead atoms. The molecule has 0 radical (unpaired) electrons. The number of carbonyl (C=O) groups is 1. The van der Waals surface area contributed by atoms with E-state index in [1.807, 2.05) is 35.0 Å². The van der Waals surface area contributed by atoms with Gasteiger partial charge in [0, 0.05) is 16.8 Å². The van der Waals surface area contributed by atoms with Crippen molar-refractivity contribution in [2.75, 3.05) is 0 Å². The molecule has 0 atom stereocenters. The first kappa shape index (κ1) is 18.2. The molecule has 7 nitrogen and oxygen atoms in total. The molecule has 1 aliphatic rings. The minimum absolute atomic E-state index is 0.154. The van der Waals surface area contributed by atoms with E-state index in [0.29, 0.717) is 17.1 Å². The Morgan fingerprint density at radius 2 is 1.90 bits per heavy atom. The van der Waals surface area contributed by atoms with Gasteiger partial charge < -0.3 is 9.26 Å². The molecule has 4 aromatic rings. The van der Waals surface area contributed by atoms with Gasteiger partial charge in [-0.25, -0.2) is 13.9 Å². The molecule has 0 spiro atoms. The smallest absolute Gasteiger partial charge is 0.359 e. The lowest BCUT2D eigenvalue weighted by Gasteiger charge is -2.04. The predicted molar refractivity (Wildman–Crippen MR) is 104 cm³/mol. The van der Waals surface area contributed by atoms with Crippen molar-refractivity contribution in [2.45, 2.75) is 25.9 Å². The molecule has 8 heteroatoms. The monoisotopic (exact) mass is 404 g/mol. The van der Waals surface area contributed by atoms with Crippen molar-refractivity contribution in [1.29, 1.82) is 0 Å². The Hall–Kier alpha value is -3.81. The van der Waals surface area contributed by atoms with E-state index >= 15 is 0 Å². The number of carbonyl (C=O) groups excluding carboxylic acids is 1. The number of benzene rings is 2. The molecule has 0 aliphatic heterocycles. The van der Waals surface area contributed by atoms with E-state index in [1.54, 1.807) is 12.1 Å². The number of hydrogen-bond acceptors (Lipinski definition) is 6. The van der Waals surface area contributed by atoms with Crippen molar-refractivity contribution in [2.24, 2.45) is 0 Å². The Morgan fingerprint density at radius 3 is 2.70 bits per heavy atom. The topological polar surface area (TPSA) is 83.0 Å². The van der Waals surface area contributed by atoms with Crippen molar-refractivity contribution < 1.29 is 18.4 Å². The molecule has 0 saturated heterocycles. The molecule has 0 fully saturated rings. The van der Waals surface area contributed by atoms with Gasteiger partial charge in [-0.05, 0) is 55.7 Å². The lowest BCUT2D eigenvalue weighted by atomic mass is 10.2. The van der Waals surface area contributed by atoms with Crippen molar-refractivity contribution >= 4 is 5.97 Å². The lowest BCUT2D eigenvalue weighted by molar-refractivity contribution is 0.0421. The summed E-state index contributed by atoms with van der Waals surface area (Å²) in [4.78, 5) is 16.9. The molecule has 2 heterocycles. The van der Waals surface area contributed by atoms with Crippen LogP contribution in [0.15, 0.2) is 59.1 Å². The maximum Gasteiger partial charge on any atom is 0.359 e. The van der Waals surface area contributed by atoms with Crippen LogP contribution in [0.3, 0.4) is 0 Å².